The second kappa shape index (κ2) is 5.85. The lowest BCUT2D eigenvalue weighted by Gasteiger charge is -2.11. The van der Waals surface area contributed by atoms with Gasteiger partial charge in [-0.3, -0.25) is 4.68 Å². The largest absolute Gasteiger partial charge is 0.436 e. The molecule has 5 nitrogen and oxygen atoms in total. The average molecular weight is 286 g/mol. The van der Waals surface area contributed by atoms with Crippen molar-refractivity contribution in [2.45, 2.75) is 45.2 Å². The van der Waals surface area contributed by atoms with Gasteiger partial charge in [-0.1, -0.05) is 13.8 Å². The molecule has 0 amide bonds. The molecule has 0 atom stereocenters. The number of aromatic nitrogens is 3. The summed E-state index contributed by atoms with van der Waals surface area (Å²) in [4.78, 5) is 4.59. The van der Waals surface area contributed by atoms with E-state index in [2.05, 4.69) is 35.3 Å². The molecular weight excluding hydrogens is 264 g/mol. The third-order valence-corrected chi connectivity index (χ3v) is 3.55. The Bertz CT molecular complexity index is 616. The predicted octanol–water partition coefficient (Wildman–Crippen LogP) is 2.98. The van der Waals surface area contributed by atoms with E-state index in [9.17, 15) is 0 Å². The normalized spacial score (nSPS) is 14.7. The van der Waals surface area contributed by atoms with E-state index in [0.29, 0.717) is 23.6 Å². The van der Waals surface area contributed by atoms with E-state index in [0.717, 1.165) is 12.2 Å². The Labute approximate surface area is 125 Å². The molecule has 1 fully saturated rings. The van der Waals surface area contributed by atoms with Crippen LogP contribution in [0.2, 0.25) is 0 Å². The zero-order chi connectivity index (χ0) is 14.8. The Balaban J connectivity index is 1.79. The molecule has 1 aliphatic rings. The first kappa shape index (κ1) is 14.1. The van der Waals surface area contributed by atoms with Crippen molar-refractivity contribution in [3.05, 3.63) is 35.8 Å². The van der Waals surface area contributed by atoms with Crippen molar-refractivity contribution < 1.29 is 4.74 Å². The predicted molar refractivity (Wildman–Crippen MR) is 81.5 cm³/mol. The topological polar surface area (TPSA) is 52.0 Å². The first-order valence-corrected chi connectivity index (χ1v) is 7.51. The Hall–Kier alpha value is -1.88. The number of hydrogen-bond acceptors (Lipinski definition) is 4. The van der Waals surface area contributed by atoms with E-state index in [1.165, 1.54) is 18.4 Å². The minimum absolute atomic E-state index is 0.377. The van der Waals surface area contributed by atoms with Gasteiger partial charge in [0.05, 0.1) is 12.4 Å². The number of nitrogens with zero attached hydrogens (tertiary/aromatic N) is 3. The number of hydrogen-bond donors (Lipinski definition) is 1. The molecule has 0 aliphatic heterocycles. The summed E-state index contributed by atoms with van der Waals surface area (Å²) in [5.41, 5.74) is 2.28. The van der Waals surface area contributed by atoms with Gasteiger partial charge in [0.1, 0.15) is 0 Å². The van der Waals surface area contributed by atoms with Crippen LogP contribution in [-0.2, 0) is 13.6 Å². The second-order valence-electron chi connectivity index (χ2n) is 6.00. The maximum Gasteiger partial charge on any atom is 0.219 e. The molecule has 1 saturated carbocycles. The standard InChI is InChI=1S/C16H22N4O/c1-11(2)15-6-12(8-17-13-4-5-13)7-16(19-15)21-14-9-18-20(3)10-14/h6-7,9-11,13,17H,4-5,8H2,1-3H3. The smallest absolute Gasteiger partial charge is 0.219 e. The Morgan fingerprint density at radius 1 is 1.38 bits per heavy atom. The highest BCUT2D eigenvalue weighted by Crippen LogP contribution is 2.24. The number of nitrogens with one attached hydrogen (secondary N) is 1. The van der Waals surface area contributed by atoms with E-state index >= 15 is 0 Å². The van der Waals surface area contributed by atoms with Crippen molar-refractivity contribution in [2.75, 3.05) is 0 Å². The van der Waals surface area contributed by atoms with Crippen molar-refractivity contribution in [3.63, 3.8) is 0 Å². The fourth-order valence-corrected chi connectivity index (χ4v) is 2.15. The van der Waals surface area contributed by atoms with Gasteiger partial charge in [0.2, 0.25) is 5.88 Å². The van der Waals surface area contributed by atoms with Gasteiger partial charge in [-0.05, 0) is 30.4 Å². The van der Waals surface area contributed by atoms with Gasteiger partial charge in [-0.15, -0.1) is 0 Å². The highest BCUT2D eigenvalue weighted by atomic mass is 16.5. The molecule has 0 spiro atoms. The summed E-state index contributed by atoms with van der Waals surface area (Å²) >= 11 is 0. The third-order valence-electron chi connectivity index (χ3n) is 3.55. The first-order chi connectivity index (χ1) is 10.1. The summed E-state index contributed by atoms with van der Waals surface area (Å²) in [6.07, 6.45) is 6.13. The highest BCUT2D eigenvalue weighted by Gasteiger charge is 2.20. The van der Waals surface area contributed by atoms with E-state index in [1.807, 2.05) is 19.3 Å². The first-order valence-electron chi connectivity index (χ1n) is 7.51. The van der Waals surface area contributed by atoms with Crippen molar-refractivity contribution >= 4 is 0 Å². The van der Waals surface area contributed by atoms with Crippen LogP contribution in [0, 0.1) is 0 Å². The lowest BCUT2D eigenvalue weighted by Crippen LogP contribution is -2.15. The number of ether oxygens (including phenoxy) is 1. The van der Waals surface area contributed by atoms with Gasteiger partial charge in [0.15, 0.2) is 5.75 Å². The summed E-state index contributed by atoms with van der Waals surface area (Å²) in [5, 5.41) is 7.65. The molecule has 1 aliphatic carbocycles. The van der Waals surface area contributed by atoms with Crippen LogP contribution in [0.3, 0.4) is 0 Å². The van der Waals surface area contributed by atoms with Crippen LogP contribution in [0.1, 0.15) is 43.9 Å². The van der Waals surface area contributed by atoms with E-state index in [-0.39, 0.29) is 0 Å². The van der Waals surface area contributed by atoms with Gasteiger partial charge in [0, 0.05) is 31.4 Å². The molecule has 0 saturated heterocycles. The van der Waals surface area contributed by atoms with Crippen LogP contribution in [0.25, 0.3) is 0 Å². The van der Waals surface area contributed by atoms with Crippen LogP contribution in [-0.4, -0.2) is 20.8 Å². The fourth-order valence-electron chi connectivity index (χ4n) is 2.15. The molecule has 21 heavy (non-hydrogen) atoms. The lowest BCUT2D eigenvalue weighted by molar-refractivity contribution is 0.457. The molecule has 2 aromatic heterocycles. The summed E-state index contributed by atoms with van der Waals surface area (Å²) in [5.74, 6) is 1.73. The average Bonchev–Trinajstić information content (AvgIpc) is 3.19. The molecule has 0 aromatic carbocycles. The van der Waals surface area contributed by atoms with E-state index < -0.39 is 0 Å². The number of aryl methyl sites for hydroxylation is 1. The molecule has 1 N–H and O–H groups in total. The zero-order valence-electron chi connectivity index (χ0n) is 12.8. The second-order valence-corrected chi connectivity index (χ2v) is 6.00. The van der Waals surface area contributed by atoms with Crippen molar-refractivity contribution in [2.24, 2.45) is 7.05 Å². The maximum absolute atomic E-state index is 5.83. The summed E-state index contributed by atoms with van der Waals surface area (Å²) in [6.45, 7) is 5.17. The van der Waals surface area contributed by atoms with Crippen LogP contribution < -0.4 is 10.1 Å². The number of rotatable bonds is 6. The van der Waals surface area contributed by atoms with Crippen molar-refractivity contribution in [1.82, 2.24) is 20.1 Å². The minimum atomic E-state index is 0.377. The van der Waals surface area contributed by atoms with E-state index in [1.54, 1.807) is 10.9 Å². The SMILES string of the molecule is CC(C)c1cc(CNC2CC2)cc(Oc2cnn(C)c2)n1. The lowest BCUT2D eigenvalue weighted by atomic mass is 10.1. The summed E-state index contributed by atoms with van der Waals surface area (Å²) in [7, 11) is 1.87. The molecule has 112 valence electrons. The molecule has 3 rings (SSSR count). The van der Waals surface area contributed by atoms with Crippen LogP contribution in [0.15, 0.2) is 24.5 Å². The van der Waals surface area contributed by atoms with Crippen LogP contribution in [0.4, 0.5) is 0 Å². The van der Waals surface area contributed by atoms with Crippen LogP contribution in [0.5, 0.6) is 11.6 Å². The molecule has 2 aromatic rings. The summed E-state index contributed by atoms with van der Waals surface area (Å²) in [6, 6.07) is 4.87. The van der Waals surface area contributed by atoms with Crippen molar-refractivity contribution in [3.8, 4) is 11.6 Å². The van der Waals surface area contributed by atoms with E-state index in [4.69, 9.17) is 4.74 Å². The minimum Gasteiger partial charge on any atom is -0.436 e. The Morgan fingerprint density at radius 2 is 2.19 bits per heavy atom. The third kappa shape index (κ3) is 3.82. The molecule has 0 radical (unpaired) electrons. The molecule has 0 unspecified atom stereocenters. The number of pyridine rings is 1. The zero-order valence-corrected chi connectivity index (χ0v) is 12.8. The molecule has 5 heteroatoms. The van der Waals surface area contributed by atoms with Gasteiger partial charge < -0.3 is 10.1 Å². The molecular formula is C16H22N4O. The Morgan fingerprint density at radius 3 is 2.81 bits per heavy atom. The van der Waals surface area contributed by atoms with Gasteiger partial charge in [-0.25, -0.2) is 4.98 Å². The van der Waals surface area contributed by atoms with Crippen molar-refractivity contribution in [1.29, 1.82) is 0 Å². The quantitative estimate of drug-likeness (QED) is 0.887. The van der Waals surface area contributed by atoms with Gasteiger partial charge in [0.25, 0.3) is 0 Å². The summed E-state index contributed by atoms with van der Waals surface area (Å²) < 4.78 is 7.55. The maximum atomic E-state index is 5.83. The molecule has 0 bridgehead atoms. The van der Waals surface area contributed by atoms with Gasteiger partial charge in [-0.2, -0.15) is 5.10 Å². The molecule has 2 heterocycles. The fraction of sp³-hybridized carbons (Fsp3) is 0.500. The van der Waals surface area contributed by atoms with Crippen LogP contribution >= 0.6 is 0 Å². The van der Waals surface area contributed by atoms with Gasteiger partial charge >= 0.3 is 0 Å². The highest BCUT2D eigenvalue weighted by molar-refractivity contribution is 5.30. The monoisotopic (exact) mass is 286 g/mol. The Kier molecular flexibility index (Phi) is 3.92.